The second-order valence-electron chi connectivity index (χ2n) is 12.1. The van der Waals surface area contributed by atoms with Gasteiger partial charge in [-0.1, -0.05) is 12.0 Å². The number of nitrogens with one attached hydrogen (secondary N) is 1. The van der Waals surface area contributed by atoms with Crippen LogP contribution < -0.4 is 15.2 Å². The summed E-state index contributed by atoms with van der Waals surface area (Å²) in [6, 6.07) is 5.23. The fourth-order valence-electron chi connectivity index (χ4n) is 7.11. The second kappa shape index (κ2) is 11.6. The Labute approximate surface area is 263 Å². The van der Waals surface area contributed by atoms with Crippen molar-refractivity contribution in [1.29, 1.82) is 0 Å². The van der Waals surface area contributed by atoms with Gasteiger partial charge in [-0.3, -0.25) is 19.7 Å². The number of hydrogen-bond acceptors (Lipinski definition) is 9. The number of nitrogens with zero attached hydrogens (tertiary/aromatic N) is 6. The smallest absolute Gasteiger partial charge is 0.319 e. The minimum absolute atomic E-state index is 0.0678. The number of aromatic hydroxyl groups is 1. The number of fused-ring (bicyclic) bond motifs is 3. The molecular weight excluding hydrogens is 599 g/mol. The molecule has 0 radical (unpaired) electrons. The van der Waals surface area contributed by atoms with Crippen molar-refractivity contribution in [3.63, 3.8) is 0 Å². The Morgan fingerprint density at radius 3 is 2.87 bits per heavy atom. The number of phenolic OH excluding ortho intramolecular Hbond substituents is 1. The van der Waals surface area contributed by atoms with Gasteiger partial charge in [0.1, 0.15) is 35.6 Å². The molecule has 5 heterocycles. The summed E-state index contributed by atoms with van der Waals surface area (Å²) in [7, 11) is 0. The first-order chi connectivity index (χ1) is 22.2. The van der Waals surface area contributed by atoms with Crippen LogP contribution >= 0.6 is 0 Å². The van der Waals surface area contributed by atoms with Gasteiger partial charge in [-0.2, -0.15) is 9.97 Å². The first-order valence-corrected chi connectivity index (χ1v) is 15.2. The maximum absolute atomic E-state index is 16.7. The van der Waals surface area contributed by atoms with Gasteiger partial charge >= 0.3 is 6.01 Å². The average molecular weight is 632 g/mol. The Morgan fingerprint density at radius 1 is 1.22 bits per heavy atom. The molecule has 10 nitrogen and oxygen atoms in total. The summed E-state index contributed by atoms with van der Waals surface area (Å²) < 4.78 is 52.2. The van der Waals surface area contributed by atoms with Gasteiger partial charge in [-0.05, 0) is 43.0 Å². The van der Waals surface area contributed by atoms with Crippen LogP contribution in [0, 0.1) is 24.0 Å². The normalized spacial score (nSPS) is 21.8. The molecule has 2 aromatic carbocycles. The van der Waals surface area contributed by atoms with Gasteiger partial charge in [0.2, 0.25) is 5.91 Å². The van der Waals surface area contributed by atoms with Crippen molar-refractivity contribution in [3.05, 3.63) is 47.7 Å². The van der Waals surface area contributed by atoms with Crippen LogP contribution in [0.3, 0.4) is 0 Å². The number of hydrazine groups is 1. The standard InChI is InChI=1S/C33H32F3N7O3/c1-3-23-26(35)6-5-20-13-22(45)14-24(27(20)23)29-28(36)30-25(16-37-29)31(43-12-11-41(19(2)44)10-8-38-43)40-32(39-30)46-18-33-7-4-9-42(33)17-21(34)15-33/h1,5-6,13-14,16,21,38,45H,4,7-12,15,17-18H2,2H3/t21-,33+/m1/s1. The number of hydrogen-bond donors (Lipinski definition) is 2. The highest BCUT2D eigenvalue weighted by molar-refractivity contribution is 6.03. The fraction of sp³-hybridized carbons (Fsp3) is 0.394. The third-order valence-electron chi connectivity index (χ3n) is 9.30. The van der Waals surface area contributed by atoms with E-state index in [0.29, 0.717) is 44.5 Å². The van der Waals surface area contributed by atoms with Crippen molar-refractivity contribution in [2.45, 2.75) is 37.9 Å². The van der Waals surface area contributed by atoms with Crippen LogP contribution in [-0.2, 0) is 4.79 Å². The number of amides is 1. The van der Waals surface area contributed by atoms with Gasteiger partial charge < -0.3 is 14.7 Å². The number of phenols is 1. The molecule has 46 heavy (non-hydrogen) atoms. The van der Waals surface area contributed by atoms with E-state index in [9.17, 15) is 18.7 Å². The molecule has 13 heteroatoms. The first-order valence-electron chi connectivity index (χ1n) is 15.2. The number of carbonyl (C=O) groups excluding carboxylic acids is 1. The minimum Gasteiger partial charge on any atom is -0.508 e. The van der Waals surface area contributed by atoms with Crippen molar-refractivity contribution in [2.75, 3.05) is 50.9 Å². The summed E-state index contributed by atoms with van der Waals surface area (Å²) in [5, 5.41) is 13.1. The van der Waals surface area contributed by atoms with E-state index in [1.165, 1.54) is 37.4 Å². The third-order valence-corrected chi connectivity index (χ3v) is 9.30. The van der Waals surface area contributed by atoms with Crippen LogP contribution in [0.1, 0.15) is 31.7 Å². The Hall–Kier alpha value is -4.67. The van der Waals surface area contributed by atoms with Crippen LogP contribution in [0.15, 0.2) is 30.5 Å². The number of halogens is 3. The summed E-state index contributed by atoms with van der Waals surface area (Å²) in [4.78, 5) is 29.4. The van der Waals surface area contributed by atoms with E-state index in [1.807, 2.05) is 0 Å². The predicted molar refractivity (Wildman–Crippen MR) is 166 cm³/mol. The average Bonchev–Trinajstić information content (AvgIpc) is 3.43. The van der Waals surface area contributed by atoms with E-state index in [1.54, 1.807) is 9.91 Å². The van der Waals surface area contributed by atoms with Crippen molar-refractivity contribution >= 4 is 33.4 Å². The molecule has 238 valence electrons. The zero-order valence-electron chi connectivity index (χ0n) is 25.2. The number of terminal acetylenes is 1. The van der Waals surface area contributed by atoms with Gasteiger partial charge in [0, 0.05) is 56.7 Å². The molecule has 0 unspecified atom stereocenters. The number of ether oxygens (including phenoxy) is 1. The van der Waals surface area contributed by atoms with E-state index >= 15 is 4.39 Å². The first kappa shape index (κ1) is 30.0. The molecule has 0 saturated carbocycles. The van der Waals surface area contributed by atoms with Crippen LogP contribution in [0.4, 0.5) is 19.0 Å². The highest BCUT2D eigenvalue weighted by Gasteiger charge is 2.49. The summed E-state index contributed by atoms with van der Waals surface area (Å²) in [5.74, 6) is 0.858. The highest BCUT2D eigenvalue weighted by atomic mass is 19.1. The van der Waals surface area contributed by atoms with Crippen molar-refractivity contribution < 1.29 is 27.8 Å². The summed E-state index contributed by atoms with van der Waals surface area (Å²) in [5.41, 5.74) is 2.44. The highest BCUT2D eigenvalue weighted by Crippen LogP contribution is 2.41. The number of aromatic nitrogens is 3. The van der Waals surface area contributed by atoms with Crippen LogP contribution in [0.2, 0.25) is 0 Å². The monoisotopic (exact) mass is 631 g/mol. The molecule has 0 aliphatic carbocycles. The fourth-order valence-corrected chi connectivity index (χ4v) is 7.11. The van der Waals surface area contributed by atoms with E-state index in [2.05, 4.69) is 31.2 Å². The van der Waals surface area contributed by atoms with Crippen molar-refractivity contribution in [1.82, 2.24) is 30.2 Å². The maximum Gasteiger partial charge on any atom is 0.319 e. The predicted octanol–water partition coefficient (Wildman–Crippen LogP) is 3.94. The Balaban J connectivity index is 1.37. The molecule has 3 aliphatic rings. The van der Waals surface area contributed by atoms with E-state index in [4.69, 9.17) is 11.2 Å². The molecule has 2 N–H and O–H groups in total. The lowest BCUT2D eigenvalue weighted by atomic mass is 9.95. The lowest BCUT2D eigenvalue weighted by molar-refractivity contribution is -0.128. The summed E-state index contributed by atoms with van der Waals surface area (Å²) in [6.45, 7) is 4.37. The summed E-state index contributed by atoms with van der Waals surface area (Å²) >= 11 is 0. The Kier molecular flexibility index (Phi) is 7.57. The number of alkyl halides is 1. The topological polar surface area (TPSA) is 107 Å². The van der Waals surface area contributed by atoms with E-state index in [-0.39, 0.29) is 63.2 Å². The van der Waals surface area contributed by atoms with Gasteiger partial charge in [0.05, 0.1) is 23.0 Å². The lowest BCUT2D eigenvalue weighted by Crippen LogP contribution is -2.43. The molecule has 7 rings (SSSR count). The van der Waals surface area contributed by atoms with Crippen molar-refractivity contribution in [2.24, 2.45) is 0 Å². The Bertz CT molecular complexity index is 1920. The van der Waals surface area contributed by atoms with Crippen LogP contribution in [-0.4, -0.2) is 93.4 Å². The molecule has 2 aromatic heterocycles. The molecule has 3 aliphatic heterocycles. The zero-order chi connectivity index (χ0) is 32.2. The molecule has 0 spiro atoms. The van der Waals surface area contributed by atoms with Gasteiger partial charge in [-0.15, -0.1) is 6.42 Å². The van der Waals surface area contributed by atoms with Gasteiger partial charge in [-0.25, -0.2) is 18.6 Å². The summed E-state index contributed by atoms with van der Waals surface area (Å²) in [6.07, 6.45) is 8.14. The molecule has 4 aromatic rings. The molecule has 1 amide bonds. The van der Waals surface area contributed by atoms with E-state index in [0.717, 1.165) is 19.4 Å². The largest absolute Gasteiger partial charge is 0.508 e. The number of carbonyl (C=O) groups is 1. The van der Waals surface area contributed by atoms with Gasteiger partial charge in [0.15, 0.2) is 11.6 Å². The zero-order valence-corrected chi connectivity index (χ0v) is 25.2. The second-order valence-corrected chi connectivity index (χ2v) is 12.1. The molecule has 2 atom stereocenters. The quantitative estimate of drug-likeness (QED) is 0.317. The molecule has 3 saturated heterocycles. The van der Waals surface area contributed by atoms with Crippen LogP contribution in [0.25, 0.3) is 32.9 Å². The number of benzene rings is 2. The number of pyridine rings is 1. The Morgan fingerprint density at radius 2 is 2.07 bits per heavy atom. The SMILES string of the molecule is C#Cc1c(F)ccc2cc(O)cc(-c3ncc4c(N5CCN(C(C)=O)CCN5)nc(OC[C@@]56CCCN5C[C@H](F)C6)nc4c3F)c12. The lowest BCUT2D eigenvalue weighted by Gasteiger charge is -2.31. The van der Waals surface area contributed by atoms with Crippen molar-refractivity contribution in [3.8, 4) is 35.4 Å². The van der Waals surface area contributed by atoms with Gasteiger partial charge in [0.25, 0.3) is 0 Å². The molecular formula is C33H32F3N7O3. The third kappa shape index (κ3) is 5.11. The molecule has 3 fully saturated rings. The molecule has 0 bridgehead atoms. The van der Waals surface area contributed by atoms with Crippen LogP contribution in [0.5, 0.6) is 11.8 Å². The maximum atomic E-state index is 16.7. The number of anilines is 1. The minimum atomic E-state index is -0.955. The number of rotatable bonds is 5. The van der Waals surface area contributed by atoms with E-state index < -0.39 is 23.3 Å².